The van der Waals surface area contributed by atoms with Crippen molar-refractivity contribution in [1.82, 2.24) is 9.88 Å². The van der Waals surface area contributed by atoms with Crippen LogP contribution in [0.2, 0.25) is 0 Å². The maximum Gasteiger partial charge on any atom is 0.128 e. The number of piperidine rings is 1. The van der Waals surface area contributed by atoms with Gasteiger partial charge < -0.3 is 4.90 Å². The highest BCUT2D eigenvalue weighted by atomic mass is 35.5. The Morgan fingerprint density at radius 2 is 1.77 bits per heavy atom. The number of anilines is 1. The van der Waals surface area contributed by atoms with Crippen molar-refractivity contribution in [3.63, 3.8) is 0 Å². The summed E-state index contributed by atoms with van der Waals surface area (Å²) in [5.41, 5.74) is 0. The van der Waals surface area contributed by atoms with Crippen molar-refractivity contribution in [3.05, 3.63) is 24.4 Å². The van der Waals surface area contributed by atoms with Gasteiger partial charge in [-0.3, -0.25) is 4.90 Å². The van der Waals surface area contributed by atoms with Crippen LogP contribution in [0.3, 0.4) is 0 Å². The lowest BCUT2D eigenvalue weighted by Crippen LogP contribution is -2.58. The van der Waals surface area contributed by atoms with Crippen LogP contribution < -0.4 is 4.90 Å². The summed E-state index contributed by atoms with van der Waals surface area (Å²) in [6.45, 7) is 4.92. The first kappa shape index (κ1) is 17.8. The molecule has 0 aromatic carbocycles. The molecule has 4 rings (SSSR count). The number of piperazine rings is 1. The van der Waals surface area contributed by atoms with Crippen LogP contribution in [-0.2, 0) is 0 Å². The molecule has 1 aliphatic carbocycles. The first-order valence-electron chi connectivity index (χ1n) is 8.30. The molecule has 5 heteroatoms. The van der Waals surface area contributed by atoms with E-state index in [-0.39, 0.29) is 24.8 Å². The second kappa shape index (κ2) is 7.85. The zero-order valence-corrected chi connectivity index (χ0v) is 14.7. The second-order valence-corrected chi connectivity index (χ2v) is 6.82. The van der Waals surface area contributed by atoms with E-state index in [1.165, 1.54) is 51.7 Å². The number of fused-ring (bicyclic) bond motifs is 2. The molecule has 0 N–H and O–H groups in total. The van der Waals surface area contributed by atoms with Gasteiger partial charge in [0.1, 0.15) is 5.82 Å². The summed E-state index contributed by atoms with van der Waals surface area (Å²) in [5.74, 6) is 3.17. The summed E-state index contributed by atoms with van der Waals surface area (Å²) in [6.07, 6.45) is 9.25. The predicted octanol–water partition coefficient (Wildman–Crippen LogP) is 3.63. The smallest absolute Gasteiger partial charge is 0.128 e. The lowest BCUT2D eigenvalue weighted by Gasteiger charge is -2.50. The molecule has 124 valence electrons. The quantitative estimate of drug-likeness (QED) is 0.776. The lowest BCUT2D eigenvalue weighted by atomic mass is 9.72. The molecular weight excluding hydrogens is 317 g/mol. The first-order valence-corrected chi connectivity index (χ1v) is 8.30. The molecule has 22 heavy (non-hydrogen) atoms. The van der Waals surface area contributed by atoms with Crippen molar-refractivity contribution in [2.75, 3.05) is 31.1 Å². The summed E-state index contributed by atoms with van der Waals surface area (Å²) in [7, 11) is 0. The van der Waals surface area contributed by atoms with Crippen LogP contribution in [-0.4, -0.2) is 42.1 Å². The van der Waals surface area contributed by atoms with Gasteiger partial charge in [-0.25, -0.2) is 4.98 Å². The lowest BCUT2D eigenvalue weighted by molar-refractivity contribution is 0.0319. The van der Waals surface area contributed by atoms with Crippen LogP contribution in [0.25, 0.3) is 0 Å². The Labute approximate surface area is 146 Å². The van der Waals surface area contributed by atoms with Gasteiger partial charge in [-0.15, -0.1) is 24.8 Å². The number of aromatic nitrogens is 1. The fourth-order valence-corrected chi connectivity index (χ4v) is 4.59. The number of rotatable bonds is 1. The maximum atomic E-state index is 4.53. The summed E-state index contributed by atoms with van der Waals surface area (Å²) in [4.78, 5) is 9.79. The van der Waals surface area contributed by atoms with Gasteiger partial charge in [0.05, 0.1) is 0 Å². The van der Waals surface area contributed by atoms with Gasteiger partial charge in [0, 0.05) is 38.4 Å². The number of nitrogens with zero attached hydrogens (tertiary/aromatic N) is 3. The van der Waals surface area contributed by atoms with Gasteiger partial charge in [-0.05, 0) is 36.8 Å². The van der Waals surface area contributed by atoms with Crippen molar-refractivity contribution in [2.45, 2.75) is 38.1 Å². The second-order valence-electron chi connectivity index (χ2n) is 6.82. The third kappa shape index (κ3) is 3.52. The van der Waals surface area contributed by atoms with E-state index in [0.717, 1.165) is 30.2 Å². The van der Waals surface area contributed by atoms with Gasteiger partial charge in [-0.1, -0.05) is 25.3 Å². The minimum absolute atomic E-state index is 0. The number of pyridine rings is 1. The van der Waals surface area contributed by atoms with E-state index in [2.05, 4.69) is 26.9 Å². The molecule has 0 bridgehead atoms. The van der Waals surface area contributed by atoms with Crippen LogP contribution >= 0.6 is 24.8 Å². The number of halogens is 2. The molecule has 0 radical (unpaired) electrons. The molecule has 1 aromatic rings. The highest BCUT2D eigenvalue weighted by Gasteiger charge is 2.39. The van der Waals surface area contributed by atoms with Crippen LogP contribution in [0.15, 0.2) is 24.4 Å². The van der Waals surface area contributed by atoms with Crippen LogP contribution in [0.1, 0.15) is 32.1 Å². The van der Waals surface area contributed by atoms with Gasteiger partial charge in [0.2, 0.25) is 0 Å². The molecule has 3 heterocycles. The maximum absolute atomic E-state index is 4.53. The van der Waals surface area contributed by atoms with E-state index in [0.29, 0.717) is 0 Å². The van der Waals surface area contributed by atoms with Crippen molar-refractivity contribution in [3.8, 4) is 0 Å². The van der Waals surface area contributed by atoms with E-state index in [9.17, 15) is 0 Å². The molecule has 2 saturated heterocycles. The molecule has 3 nitrogen and oxygen atoms in total. The molecule has 3 aliphatic rings. The standard InChI is InChI=1S/C17H25N3.2ClH/c1-2-6-15-12-19-9-10-20(17-7-3-4-8-18-17)13-16(19)11-14(15)5-1;;/h3-4,7-8,14-16H,1-2,5-6,9-13H2;2*1H. The van der Waals surface area contributed by atoms with Gasteiger partial charge in [0.25, 0.3) is 0 Å². The molecule has 0 spiro atoms. The first-order chi connectivity index (χ1) is 9.90. The van der Waals surface area contributed by atoms with Gasteiger partial charge in [-0.2, -0.15) is 0 Å². The Hall–Kier alpha value is -0.510. The van der Waals surface area contributed by atoms with Crippen molar-refractivity contribution >= 4 is 30.6 Å². The molecule has 3 atom stereocenters. The minimum atomic E-state index is 0. The predicted molar refractivity (Wildman–Crippen MR) is 96.4 cm³/mol. The highest BCUT2D eigenvalue weighted by molar-refractivity contribution is 5.85. The summed E-state index contributed by atoms with van der Waals surface area (Å²) in [5, 5.41) is 0. The summed E-state index contributed by atoms with van der Waals surface area (Å²) < 4.78 is 0. The molecule has 0 amide bonds. The molecule has 3 fully saturated rings. The van der Waals surface area contributed by atoms with Crippen molar-refractivity contribution in [1.29, 1.82) is 0 Å². The highest BCUT2D eigenvalue weighted by Crippen LogP contribution is 2.39. The van der Waals surface area contributed by atoms with E-state index in [4.69, 9.17) is 0 Å². The molecule has 2 aliphatic heterocycles. The Morgan fingerprint density at radius 3 is 2.55 bits per heavy atom. The van der Waals surface area contributed by atoms with Crippen LogP contribution in [0.4, 0.5) is 5.82 Å². The Morgan fingerprint density at radius 1 is 0.955 bits per heavy atom. The fraction of sp³-hybridized carbons (Fsp3) is 0.706. The van der Waals surface area contributed by atoms with Crippen LogP contribution in [0, 0.1) is 11.8 Å². The third-order valence-electron chi connectivity index (χ3n) is 5.69. The third-order valence-corrected chi connectivity index (χ3v) is 5.69. The summed E-state index contributed by atoms with van der Waals surface area (Å²) >= 11 is 0. The number of hydrogen-bond acceptors (Lipinski definition) is 3. The summed E-state index contributed by atoms with van der Waals surface area (Å²) in [6, 6.07) is 7.03. The van der Waals surface area contributed by atoms with Gasteiger partial charge in [0.15, 0.2) is 0 Å². The SMILES string of the molecule is Cl.Cl.c1ccc(N2CCN3CC4CCCCC4CC3C2)nc1. The molecule has 1 saturated carbocycles. The average molecular weight is 344 g/mol. The molecule has 3 unspecified atom stereocenters. The average Bonchev–Trinajstić information content (AvgIpc) is 2.53. The zero-order chi connectivity index (χ0) is 13.4. The Bertz CT molecular complexity index is 456. The minimum Gasteiger partial charge on any atom is -0.354 e. The van der Waals surface area contributed by atoms with Crippen molar-refractivity contribution in [2.24, 2.45) is 11.8 Å². The normalized spacial score (nSPS) is 31.3. The fourth-order valence-electron chi connectivity index (χ4n) is 4.59. The molecular formula is C17H27Cl2N3. The van der Waals surface area contributed by atoms with Crippen LogP contribution in [0.5, 0.6) is 0 Å². The van der Waals surface area contributed by atoms with Gasteiger partial charge >= 0.3 is 0 Å². The number of hydrogen-bond donors (Lipinski definition) is 0. The Balaban J connectivity index is 0.000000882. The monoisotopic (exact) mass is 343 g/mol. The van der Waals surface area contributed by atoms with E-state index in [1.54, 1.807) is 0 Å². The van der Waals surface area contributed by atoms with E-state index < -0.39 is 0 Å². The van der Waals surface area contributed by atoms with E-state index in [1.807, 2.05) is 12.3 Å². The zero-order valence-electron chi connectivity index (χ0n) is 13.1. The molecule has 1 aromatic heterocycles. The topological polar surface area (TPSA) is 19.4 Å². The van der Waals surface area contributed by atoms with Crippen molar-refractivity contribution < 1.29 is 0 Å². The van der Waals surface area contributed by atoms with E-state index >= 15 is 0 Å². The largest absolute Gasteiger partial charge is 0.354 e. The Kier molecular flexibility index (Phi) is 6.36.